The van der Waals surface area contributed by atoms with Crippen molar-refractivity contribution in [3.63, 3.8) is 0 Å². The number of aryl methyl sites for hydroxylation is 1. The zero-order valence-corrected chi connectivity index (χ0v) is 11.7. The average Bonchev–Trinajstić information content (AvgIpc) is 2.36. The minimum atomic E-state index is 0.417. The summed E-state index contributed by atoms with van der Waals surface area (Å²) in [5, 5.41) is 3.40. The maximum absolute atomic E-state index is 5.43. The quantitative estimate of drug-likeness (QED) is 0.489. The van der Waals surface area contributed by atoms with Gasteiger partial charge in [0.05, 0.1) is 0 Å². The van der Waals surface area contributed by atoms with Gasteiger partial charge < -0.3 is 10.7 Å². The van der Waals surface area contributed by atoms with Gasteiger partial charge in [0.2, 0.25) is 0 Å². The van der Waals surface area contributed by atoms with Gasteiger partial charge in [0, 0.05) is 18.5 Å². The van der Waals surface area contributed by atoms with Crippen LogP contribution in [0.4, 0.5) is 11.6 Å². The van der Waals surface area contributed by atoms with E-state index in [0.29, 0.717) is 11.9 Å². The van der Waals surface area contributed by atoms with Gasteiger partial charge in [-0.05, 0) is 19.8 Å². The van der Waals surface area contributed by atoms with Crippen molar-refractivity contribution >= 4 is 11.6 Å². The predicted octanol–water partition coefficient (Wildman–Crippen LogP) is 2.71. The predicted molar refractivity (Wildman–Crippen MR) is 76.4 cm³/mol. The average molecular weight is 251 g/mol. The first-order valence-electron chi connectivity index (χ1n) is 6.80. The Balaban J connectivity index is 2.71. The molecule has 0 fully saturated rings. The molecule has 5 nitrogen and oxygen atoms in total. The molecule has 0 saturated heterocycles. The van der Waals surface area contributed by atoms with Gasteiger partial charge in [-0.1, -0.05) is 26.7 Å². The second-order valence-corrected chi connectivity index (χ2v) is 4.64. The van der Waals surface area contributed by atoms with Crippen molar-refractivity contribution in [2.75, 3.05) is 10.7 Å². The molecule has 0 bridgehead atoms. The summed E-state index contributed by atoms with van der Waals surface area (Å²) >= 11 is 0. The first-order chi connectivity index (χ1) is 8.69. The van der Waals surface area contributed by atoms with Crippen molar-refractivity contribution in [1.82, 2.24) is 9.97 Å². The van der Waals surface area contributed by atoms with Crippen LogP contribution < -0.4 is 16.6 Å². The normalized spacial score (nSPS) is 12.2. The topological polar surface area (TPSA) is 75.9 Å². The van der Waals surface area contributed by atoms with Crippen molar-refractivity contribution in [1.29, 1.82) is 0 Å². The molecular formula is C13H25N5. The van der Waals surface area contributed by atoms with Crippen molar-refractivity contribution in [2.24, 2.45) is 5.84 Å². The van der Waals surface area contributed by atoms with Gasteiger partial charge in [0.15, 0.2) is 0 Å². The Bertz CT molecular complexity index is 353. The van der Waals surface area contributed by atoms with Gasteiger partial charge in [-0.3, -0.25) is 0 Å². The molecule has 1 atom stereocenters. The molecule has 1 aromatic rings. The number of anilines is 2. The summed E-state index contributed by atoms with van der Waals surface area (Å²) in [7, 11) is 0. The molecule has 5 heteroatoms. The Morgan fingerprint density at radius 1 is 1.22 bits per heavy atom. The van der Waals surface area contributed by atoms with Crippen LogP contribution in [0, 0.1) is 0 Å². The van der Waals surface area contributed by atoms with Crippen LogP contribution in [-0.4, -0.2) is 16.0 Å². The van der Waals surface area contributed by atoms with Crippen LogP contribution in [0.5, 0.6) is 0 Å². The maximum Gasteiger partial charge on any atom is 0.145 e. The number of nitrogen functional groups attached to an aromatic ring is 1. The smallest absolute Gasteiger partial charge is 0.145 e. The molecule has 1 aromatic heterocycles. The first kappa shape index (κ1) is 14.7. The van der Waals surface area contributed by atoms with Crippen molar-refractivity contribution in [3.05, 3.63) is 11.9 Å². The lowest BCUT2D eigenvalue weighted by Crippen LogP contribution is -2.18. The fourth-order valence-corrected chi connectivity index (χ4v) is 1.82. The van der Waals surface area contributed by atoms with E-state index in [0.717, 1.165) is 30.9 Å². The van der Waals surface area contributed by atoms with Gasteiger partial charge in [-0.15, -0.1) is 0 Å². The number of unbranched alkanes of at least 4 members (excludes halogenated alkanes) is 1. The number of rotatable bonds is 8. The van der Waals surface area contributed by atoms with Gasteiger partial charge in [0.1, 0.15) is 17.5 Å². The lowest BCUT2D eigenvalue weighted by atomic mass is 10.1. The summed E-state index contributed by atoms with van der Waals surface area (Å²) in [6, 6.07) is 2.27. The fourth-order valence-electron chi connectivity index (χ4n) is 1.82. The summed E-state index contributed by atoms with van der Waals surface area (Å²) in [4.78, 5) is 8.83. The van der Waals surface area contributed by atoms with E-state index in [1.54, 1.807) is 0 Å². The minimum absolute atomic E-state index is 0.417. The molecule has 0 radical (unpaired) electrons. The fraction of sp³-hybridized carbons (Fsp3) is 0.692. The molecule has 102 valence electrons. The third-order valence-electron chi connectivity index (χ3n) is 2.78. The molecule has 0 aliphatic heterocycles. The highest BCUT2D eigenvalue weighted by atomic mass is 15.3. The van der Waals surface area contributed by atoms with Crippen molar-refractivity contribution in [2.45, 2.75) is 58.9 Å². The van der Waals surface area contributed by atoms with Crippen LogP contribution in [0.1, 0.15) is 52.3 Å². The Hall–Kier alpha value is -1.36. The molecule has 1 rings (SSSR count). The van der Waals surface area contributed by atoms with Crippen LogP contribution in [0.2, 0.25) is 0 Å². The zero-order valence-electron chi connectivity index (χ0n) is 11.7. The molecule has 4 N–H and O–H groups in total. The Morgan fingerprint density at radius 3 is 2.56 bits per heavy atom. The number of aromatic nitrogens is 2. The molecule has 1 unspecified atom stereocenters. The Kier molecular flexibility index (Phi) is 6.43. The van der Waals surface area contributed by atoms with Crippen LogP contribution in [0.15, 0.2) is 6.07 Å². The zero-order chi connectivity index (χ0) is 13.4. The van der Waals surface area contributed by atoms with Crippen molar-refractivity contribution < 1.29 is 0 Å². The van der Waals surface area contributed by atoms with Gasteiger partial charge in [-0.2, -0.15) is 0 Å². The molecule has 0 aliphatic rings. The van der Waals surface area contributed by atoms with E-state index in [9.17, 15) is 0 Å². The van der Waals surface area contributed by atoms with E-state index in [-0.39, 0.29) is 0 Å². The van der Waals surface area contributed by atoms with E-state index in [1.165, 1.54) is 12.8 Å². The van der Waals surface area contributed by atoms with E-state index in [4.69, 9.17) is 5.84 Å². The van der Waals surface area contributed by atoms with Gasteiger partial charge in [-0.25, -0.2) is 15.8 Å². The molecular weight excluding hydrogens is 226 g/mol. The largest absolute Gasteiger partial charge is 0.367 e. The summed E-state index contributed by atoms with van der Waals surface area (Å²) < 4.78 is 0. The number of nitrogens with one attached hydrogen (secondary N) is 2. The summed E-state index contributed by atoms with van der Waals surface area (Å²) in [5.74, 6) is 7.78. The number of hydrogen-bond acceptors (Lipinski definition) is 5. The minimum Gasteiger partial charge on any atom is -0.367 e. The second kappa shape index (κ2) is 7.87. The van der Waals surface area contributed by atoms with E-state index < -0.39 is 0 Å². The van der Waals surface area contributed by atoms with Crippen LogP contribution in [0.3, 0.4) is 0 Å². The lowest BCUT2D eigenvalue weighted by Gasteiger charge is -2.15. The maximum atomic E-state index is 5.43. The van der Waals surface area contributed by atoms with E-state index in [1.807, 2.05) is 6.07 Å². The Labute approximate surface area is 110 Å². The van der Waals surface area contributed by atoms with Crippen LogP contribution in [0.25, 0.3) is 0 Å². The standard InChI is InChI=1S/C13H25N5/c1-4-6-8-10(3)15-12-9-13(18-14)17-11(16-12)7-5-2/h9-10H,4-8,14H2,1-3H3,(H2,15,16,17,18). The number of nitrogens with zero attached hydrogens (tertiary/aromatic N) is 2. The summed E-state index contributed by atoms with van der Waals surface area (Å²) in [6.45, 7) is 6.49. The Morgan fingerprint density at radius 2 is 1.94 bits per heavy atom. The molecule has 0 amide bonds. The molecule has 0 saturated carbocycles. The van der Waals surface area contributed by atoms with E-state index >= 15 is 0 Å². The summed E-state index contributed by atoms with van der Waals surface area (Å²) in [6.07, 6.45) is 5.48. The third kappa shape index (κ3) is 4.87. The first-order valence-corrected chi connectivity index (χ1v) is 6.80. The van der Waals surface area contributed by atoms with Gasteiger partial charge >= 0.3 is 0 Å². The third-order valence-corrected chi connectivity index (χ3v) is 2.78. The molecule has 0 aromatic carbocycles. The molecule has 0 aliphatic carbocycles. The lowest BCUT2D eigenvalue weighted by molar-refractivity contribution is 0.642. The van der Waals surface area contributed by atoms with Crippen LogP contribution in [-0.2, 0) is 6.42 Å². The van der Waals surface area contributed by atoms with E-state index in [2.05, 4.69) is 41.5 Å². The highest BCUT2D eigenvalue weighted by molar-refractivity contribution is 5.47. The highest BCUT2D eigenvalue weighted by Gasteiger charge is 2.06. The number of hydrogen-bond donors (Lipinski definition) is 3. The summed E-state index contributed by atoms with van der Waals surface area (Å²) in [5.41, 5.74) is 2.59. The highest BCUT2D eigenvalue weighted by Crippen LogP contribution is 2.14. The molecule has 1 heterocycles. The molecule has 18 heavy (non-hydrogen) atoms. The monoisotopic (exact) mass is 251 g/mol. The van der Waals surface area contributed by atoms with Crippen molar-refractivity contribution in [3.8, 4) is 0 Å². The molecule has 0 spiro atoms. The SMILES string of the molecule is CCCCC(C)Nc1cc(NN)nc(CCC)n1. The second-order valence-electron chi connectivity index (χ2n) is 4.64. The van der Waals surface area contributed by atoms with Crippen LogP contribution >= 0.6 is 0 Å². The van der Waals surface area contributed by atoms with Gasteiger partial charge in [0.25, 0.3) is 0 Å². The number of hydrazine groups is 1. The number of nitrogens with two attached hydrogens (primary N) is 1.